The molecule has 0 aromatic heterocycles. The Kier molecular flexibility index (Phi) is 6.99. The first kappa shape index (κ1) is 22.6. The molecule has 0 unspecified atom stereocenters. The van der Waals surface area contributed by atoms with Crippen LogP contribution in [0.15, 0.2) is 40.7 Å². The van der Waals surface area contributed by atoms with E-state index >= 15 is 0 Å². The van der Waals surface area contributed by atoms with Crippen LogP contribution in [0.1, 0.15) is 63.4 Å². The molecular formula is C26H33NO5. The van der Waals surface area contributed by atoms with Crippen LogP contribution < -0.4 is 9.47 Å². The molecular weight excluding hydrogens is 406 g/mol. The van der Waals surface area contributed by atoms with Crippen molar-refractivity contribution >= 4 is 11.6 Å². The van der Waals surface area contributed by atoms with Gasteiger partial charge < -0.3 is 19.1 Å². The monoisotopic (exact) mass is 439 g/mol. The molecule has 0 saturated carbocycles. The lowest BCUT2D eigenvalue weighted by Crippen LogP contribution is -2.39. The van der Waals surface area contributed by atoms with Crippen LogP contribution in [0.2, 0.25) is 0 Å². The van der Waals surface area contributed by atoms with Crippen LogP contribution in [-0.2, 0) is 14.3 Å². The highest BCUT2D eigenvalue weighted by atomic mass is 16.5. The van der Waals surface area contributed by atoms with Gasteiger partial charge in [-0.15, -0.1) is 0 Å². The molecule has 32 heavy (non-hydrogen) atoms. The lowest BCUT2D eigenvalue weighted by Gasteiger charge is -2.44. The Labute approximate surface area is 190 Å². The maximum Gasteiger partial charge on any atom is 0.161 e. The number of allylic oxidation sites excluding steroid dienone is 4. The minimum Gasteiger partial charge on any atom is -0.493 e. The summed E-state index contributed by atoms with van der Waals surface area (Å²) in [6.45, 7) is 3.87. The predicted molar refractivity (Wildman–Crippen MR) is 122 cm³/mol. The van der Waals surface area contributed by atoms with Crippen LogP contribution in [0, 0.1) is 0 Å². The molecule has 2 aliphatic carbocycles. The molecule has 0 fully saturated rings. The molecule has 0 radical (unpaired) electrons. The Morgan fingerprint density at radius 3 is 2.16 bits per heavy atom. The molecule has 6 nitrogen and oxygen atoms in total. The van der Waals surface area contributed by atoms with Crippen LogP contribution in [0.3, 0.4) is 0 Å². The fourth-order valence-corrected chi connectivity index (χ4v) is 5.33. The molecule has 1 aromatic carbocycles. The summed E-state index contributed by atoms with van der Waals surface area (Å²) in [6.07, 6.45) is 5.37. The standard InChI is InChI=1S/C26H33NO5/c1-4-32-23-16-17(12-13-22(23)31-3)24-25-18(8-5-10-20(25)28)27(14-7-15-30-2)19-9-6-11-21(29)26(19)24/h12-13,16,24H,4-11,14-15H2,1-3H3. The van der Waals surface area contributed by atoms with Crippen LogP contribution in [-0.4, -0.2) is 50.4 Å². The zero-order valence-electron chi connectivity index (χ0n) is 19.4. The molecule has 4 rings (SSSR count). The third-order valence-corrected chi connectivity index (χ3v) is 6.64. The van der Waals surface area contributed by atoms with E-state index in [2.05, 4.69) is 4.90 Å². The summed E-state index contributed by atoms with van der Waals surface area (Å²) in [5.41, 5.74) is 4.73. The minimum atomic E-state index is -0.329. The number of hydrogen-bond donors (Lipinski definition) is 0. The zero-order valence-corrected chi connectivity index (χ0v) is 19.4. The number of hydrogen-bond acceptors (Lipinski definition) is 6. The highest BCUT2D eigenvalue weighted by Crippen LogP contribution is 2.50. The highest BCUT2D eigenvalue weighted by molar-refractivity contribution is 6.06. The van der Waals surface area contributed by atoms with Gasteiger partial charge in [0.2, 0.25) is 0 Å². The Morgan fingerprint density at radius 2 is 1.59 bits per heavy atom. The van der Waals surface area contributed by atoms with Gasteiger partial charge in [0.1, 0.15) is 0 Å². The fourth-order valence-electron chi connectivity index (χ4n) is 5.33. The third-order valence-electron chi connectivity index (χ3n) is 6.64. The third kappa shape index (κ3) is 4.08. The summed E-state index contributed by atoms with van der Waals surface area (Å²) >= 11 is 0. The van der Waals surface area contributed by atoms with Crippen LogP contribution in [0.5, 0.6) is 11.5 Å². The van der Waals surface area contributed by atoms with Gasteiger partial charge in [0, 0.05) is 61.6 Å². The zero-order chi connectivity index (χ0) is 22.7. The summed E-state index contributed by atoms with van der Waals surface area (Å²) in [6, 6.07) is 5.81. The van der Waals surface area contributed by atoms with Crippen LogP contribution in [0.25, 0.3) is 0 Å². The van der Waals surface area contributed by atoms with Crippen molar-refractivity contribution < 1.29 is 23.8 Å². The average molecular weight is 440 g/mol. The summed E-state index contributed by atoms with van der Waals surface area (Å²) in [5.74, 6) is 1.29. The van der Waals surface area contributed by atoms with E-state index < -0.39 is 0 Å². The second-order valence-corrected chi connectivity index (χ2v) is 8.55. The first-order valence-corrected chi connectivity index (χ1v) is 11.7. The number of benzene rings is 1. The number of methoxy groups -OCH3 is 2. The van der Waals surface area contributed by atoms with Gasteiger partial charge in [-0.1, -0.05) is 6.07 Å². The predicted octanol–water partition coefficient (Wildman–Crippen LogP) is 4.54. The average Bonchev–Trinajstić information content (AvgIpc) is 2.80. The number of nitrogens with zero attached hydrogens (tertiary/aromatic N) is 1. The molecule has 0 saturated heterocycles. The Balaban J connectivity index is 1.87. The van der Waals surface area contributed by atoms with E-state index in [1.807, 2.05) is 25.1 Å². The summed E-state index contributed by atoms with van der Waals surface area (Å²) in [4.78, 5) is 28.9. The number of rotatable bonds is 8. The van der Waals surface area contributed by atoms with E-state index in [9.17, 15) is 9.59 Å². The maximum atomic E-state index is 13.3. The molecule has 1 aliphatic heterocycles. The molecule has 6 heteroatoms. The molecule has 1 heterocycles. The van der Waals surface area contributed by atoms with Crippen LogP contribution >= 0.6 is 0 Å². The molecule has 0 spiro atoms. The topological polar surface area (TPSA) is 65.1 Å². The van der Waals surface area contributed by atoms with Crippen molar-refractivity contribution in [2.24, 2.45) is 0 Å². The summed E-state index contributed by atoms with van der Waals surface area (Å²) in [7, 11) is 3.32. The van der Waals surface area contributed by atoms with E-state index in [0.717, 1.165) is 66.8 Å². The van der Waals surface area contributed by atoms with Crippen molar-refractivity contribution in [2.75, 3.05) is 34.0 Å². The molecule has 1 aromatic rings. The largest absolute Gasteiger partial charge is 0.493 e. The second-order valence-electron chi connectivity index (χ2n) is 8.55. The van der Waals surface area contributed by atoms with Crippen LogP contribution in [0.4, 0.5) is 0 Å². The Morgan fingerprint density at radius 1 is 0.938 bits per heavy atom. The van der Waals surface area contributed by atoms with Crippen molar-refractivity contribution in [3.63, 3.8) is 0 Å². The van der Waals surface area contributed by atoms with Gasteiger partial charge in [0.05, 0.1) is 13.7 Å². The molecule has 0 bridgehead atoms. The quantitative estimate of drug-likeness (QED) is 0.554. The first-order valence-electron chi connectivity index (χ1n) is 11.7. The molecule has 3 aliphatic rings. The van der Waals surface area contributed by atoms with Gasteiger partial charge in [-0.3, -0.25) is 9.59 Å². The molecule has 172 valence electrons. The van der Waals surface area contributed by atoms with E-state index in [4.69, 9.17) is 14.2 Å². The van der Waals surface area contributed by atoms with Gasteiger partial charge in [0.25, 0.3) is 0 Å². The van der Waals surface area contributed by atoms with Gasteiger partial charge in [-0.25, -0.2) is 0 Å². The number of Topliss-reactive ketones (excluding diaryl/α,β-unsaturated/α-hetero) is 2. The number of carbonyl (C=O) groups excluding carboxylic acids is 2. The number of ether oxygens (including phenoxy) is 3. The smallest absolute Gasteiger partial charge is 0.161 e. The fraction of sp³-hybridized carbons (Fsp3) is 0.538. The van der Waals surface area contributed by atoms with E-state index in [0.29, 0.717) is 37.6 Å². The summed E-state index contributed by atoms with van der Waals surface area (Å²) < 4.78 is 16.6. The van der Waals surface area contributed by atoms with Crippen molar-refractivity contribution in [2.45, 2.75) is 57.8 Å². The molecule has 0 amide bonds. The van der Waals surface area contributed by atoms with Crippen molar-refractivity contribution in [3.8, 4) is 11.5 Å². The van der Waals surface area contributed by atoms with Gasteiger partial charge in [0.15, 0.2) is 23.1 Å². The highest BCUT2D eigenvalue weighted by Gasteiger charge is 2.43. The normalized spacial score (nSPS) is 19.3. The summed E-state index contributed by atoms with van der Waals surface area (Å²) in [5, 5.41) is 0. The Bertz CT molecular complexity index is 917. The minimum absolute atomic E-state index is 0.159. The number of carbonyl (C=O) groups is 2. The number of ketones is 2. The molecule has 0 atom stereocenters. The van der Waals surface area contributed by atoms with E-state index in [1.54, 1.807) is 14.2 Å². The van der Waals surface area contributed by atoms with Crippen molar-refractivity contribution in [1.82, 2.24) is 4.90 Å². The maximum absolute atomic E-state index is 13.3. The van der Waals surface area contributed by atoms with Gasteiger partial charge >= 0.3 is 0 Å². The SMILES string of the molecule is CCOc1cc(C2C3=C(CCCC3=O)N(CCCOC)C3=C2C(=O)CCC3)ccc1OC. The van der Waals surface area contributed by atoms with E-state index in [1.165, 1.54) is 0 Å². The lowest BCUT2D eigenvalue weighted by molar-refractivity contribution is -0.117. The Hall–Kier alpha value is -2.60. The molecule has 0 N–H and O–H groups in total. The lowest BCUT2D eigenvalue weighted by atomic mass is 9.71. The van der Waals surface area contributed by atoms with Gasteiger partial charge in [-0.2, -0.15) is 0 Å². The first-order chi connectivity index (χ1) is 15.6. The second kappa shape index (κ2) is 9.90. The van der Waals surface area contributed by atoms with Crippen molar-refractivity contribution in [1.29, 1.82) is 0 Å². The van der Waals surface area contributed by atoms with E-state index in [-0.39, 0.29) is 17.5 Å². The van der Waals surface area contributed by atoms with Crippen molar-refractivity contribution in [3.05, 3.63) is 46.3 Å². The van der Waals surface area contributed by atoms with Gasteiger partial charge in [-0.05, 0) is 56.7 Å².